The van der Waals surface area contributed by atoms with Crippen LogP contribution in [0.25, 0.3) is 0 Å². The van der Waals surface area contributed by atoms with Crippen molar-refractivity contribution < 1.29 is 4.48 Å². The summed E-state index contributed by atoms with van der Waals surface area (Å²) in [4.78, 5) is 3.92. The molecule has 1 aliphatic rings. The maximum absolute atomic E-state index is 13.8. The minimum atomic E-state index is -0.613. The molecule has 2 unspecified atom stereocenters. The van der Waals surface area contributed by atoms with Gasteiger partial charge in [-0.25, -0.2) is 0 Å². The highest BCUT2D eigenvalue weighted by atomic mass is 19.2. The Bertz CT molecular complexity index is 311. The zero-order chi connectivity index (χ0) is 8.77. The van der Waals surface area contributed by atoms with Gasteiger partial charge in [0.05, 0.1) is 6.20 Å². The molecule has 12 heavy (non-hydrogen) atoms. The fourth-order valence-electron chi connectivity index (χ4n) is 1.43. The van der Waals surface area contributed by atoms with Crippen molar-refractivity contribution in [3.05, 3.63) is 18.5 Å². The van der Waals surface area contributed by atoms with Crippen LogP contribution in [0.2, 0.25) is 0 Å². The van der Waals surface area contributed by atoms with Crippen molar-refractivity contribution in [2.75, 3.05) is 12.4 Å². The molecule has 0 amide bonds. The van der Waals surface area contributed by atoms with E-state index < -0.39 is 4.71 Å². The summed E-state index contributed by atoms with van der Waals surface area (Å²) in [6, 6.07) is 1.70. The minimum Gasteiger partial charge on any atom is -0.327 e. The Morgan fingerprint density at radius 1 is 1.67 bits per heavy atom. The zero-order valence-corrected chi connectivity index (χ0v) is 7.08. The monoisotopic (exact) mass is 168 g/mol. The van der Waals surface area contributed by atoms with E-state index in [1.54, 1.807) is 25.4 Å². The Morgan fingerprint density at radius 2 is 2.42 bits per heavy atom. The van der Waals surface area contributed by atoms with Gasteiger partial charge >= 0.3 is 0 Å². The number of pyridine rings is 1. The van der Waals surface area contributed by atoms with Crippen molar-refractivity contribution in [1.82, 2.24) is 9.69 Å². The third-order valence-corrected chi connectivity index (χ3v) is 2.36. The lowest BCUT2D eigenvalue weighted by atomic mass is 10.3. The Morgan fingerprint density at radius 3 is 3.08 bits per heavy atom. The van der Waals surface area contributed by atoms with Crippen LogP contribution in [0.1, 0.15) is 6.92 Å². The van der Waals surface area contributed by atoms with Crippen LogP contribution in [0.3, 0.4) is 0 Å². The molecule has 0 bridgehead atoms. The van der Waals surface area contributed by atoms with Crippen molar-refractivity contribution >= 4 is 11.4 Å². The summed E-state index contributed by atoms with van der Waals surface area (Å²) in [6.07, 6.45) is 3.02. The van der Waals surface area contributed by atoms with E-state index in [-0.39, 0.29) is 6.17 Å². The summed E-state index contributed by atoms with van der Waals surface area (Å²) in [5.41, 5.74) is 1.44. The number of anilines is 1. The Balaban J connectivity index is 2.55. The van der Waals surface area contributed by atoms with Gasteiger partial charge in [-0.3, -0.25) is 4.98 Å². The molecule has 1 aliphatic heterocycles. The van der Waals surface area contributed by atoms with Crippen molar-refractivity contribution in [2.24, 2.45) is 0 Å². The Hall–Kier alpha value is -1.16. The summed E-state index contributed by atoms with van der Waals surface area (Å²) in [6.45, 7) is 1.81. The van der Waals surface area contributed by atoms with Crippen LogP contribution >= 0.6 is 0 Å². The third kappa shape index (κ3) is 0.814. The van der Waals surface area contributed by atoms with Crippen molar-refractivity contribution in [3.63, 3.8) is 0 Å². The predicted octanol–water partition coefficient (Wildman–Crippen LogP) is 1.67. The van der Waals surface area contributed by atoms with Gasteiger partial charge in [-0.1, -0.05) is 4.71 Å². The van der Waals surface area contributed by atoms with E-state index >= 15 is 0 Å². The number of nitrogens with zero attached hydrogens (tertiary/aromatic N) is 2. The predicted molar refractivity (Wildman–Crippen MR) is 46.1 cm³/mol. The number of quaternary nitrogens is 1. The number of rotatable bonds is 0. The molecular formula is C8H11FN3+. The van der Waals surface area contributed by atoms with E-state index in [1.165, 1.54) is 7.05 Å². The maximum atomic E-state index is 13.8. The Labute approximate surface area is 70.4 Å². The van der Waals surface area contributed by atoms with Gasteiger partial charge < -0.3 is 5.32 Å². The van der Waals surface area contributed by atoms with Crippen molar-refractivity contribution in [1.29, 1.82) is 0 Å². The van der Waals surface area contributed by atoms with Crippen LogP contribution in [-0.4, -0.2) is 18.2 Å². The van der Waals surface area contributed by atoms with Crippen LogP contribution < -0.4 is 10.0 Å². The van der Waals surface area contributed by atoms with E-state index in [4.69, 9.17) is 0 Å². The number of nitrogens with one attached hydrogen (secondary N) is 1. The molecule has 0 aromatic carbocycles. The van der Waals surface area contributed by atoms with E-state index in [0.717, 1.165) is 5.69 Å². The fraction of sp³-hybridized carbons (Fsp3) is 0.375. The second kappa shape index (κ2) is 2.17. The molecule has 0 saturated carbocycles. The molecule has 0 saturated heterocycles. The SMILES string of the molecule is CC1Nc2cnccc2[N+]1(C)F. The minimum absolute atomic E-state index is 0.232. The number of fused-ring (bicyclic) bond motifs is 1. The molecule has 0 spiro atoms. The van der Waals surface area contributed by atoms with E-state index in [9.17, 15) is 4.48 Å². The lowest BCUT2D eigenvalue weighted by molar-refractivity contribution is 0.0462. The first kappa shape index (κ1) is 7.49. The number of aromatic nitrogens is 1. The van der Waals surface area contributed by atoms with Crippen LogP contribution in [-0.2, 0) is 0 Å². The average molecular weight is 168 g/mol. The molecule has 2 heterocycles. The molecule has 1 aromatic heterocycles. The van der Waals surface area contributed by atoms with Gasteiger partial charge in [0, 0.05) is 23.7 Å². The van der Waals surface area contributed by atoms with Gasteiger partial charge in [-0.2, -0.15) is 0 Å². The summed E-state index contributed by atoms with van der Waals surface area (Å²) in [5.74, 6) is 0. The van der Waals surface area contributed by atoms with E-state index in [2.05, 4.69) is 10.3 Å². The molecular weight excluding hydrogens is 157 g/mol. The van der Waals surface area contributed by atoms with Gasteiger partial charge in [0.2, 0.25) is 0 Å². The quantitative estimate of drug-likeness (QED) is 0.596. The summed E-state index contributed by atoms with van der Waals surface area (Å²) in [7, 11) is 1.53. The summed E-state index contributed by atoms with van der Waals surface area (Å²) in [5, 5.41) is 3.02. The molecule has 64 valence electrons. The largest absolute Gasteiger partial charge is 0.327 e. The number of halogens is 1. The third-order valence-electron chi connectivity index (χ3n) is 2.36. The fourth-order valence-corrected chi connectivity index (χ4v) is 1.43. The first-order valence-corrected chi connectivity index (χ1v) is 3.89. The highest BCUT2D eigenvalue weighted by molar-refractivity contribution is 5.70. The molecule has 2 atom stereocenters. The van der Waals surface area contributed by atoms with Crippen molar-refractivity contribution in [2.45, 2.75) is 13.1 Å². The van der Waals surface area contributed by atoms with Gasteiger partial charge in [-0.15, -0.1) is 0 Å². The van der Waals surface area contributed by atoms with Gasteiger partial charge in [0.1, 0.15) is 12.7 Å². The van der Waals surface area contributed by atoms with Crippen LogP contribution in [0.15, 0.2) is 18.5 Å². The zero-order valence-electron chi connectivity index (χ0n) is 7.08. The molecule has 0 radical (unpaired) electrons. The highest BCUT2D eigenvalue weighted by Crippen LogP contribution is 2.38. The maximum Gasteiger partial charge on any atom is 0.200 e. The summed E-state index contributed by atoms with van der Waals surface area (Å²) >= 11 is 0. The van der Waals surface area contributed by atoms with Gasteiger partial charge in [0.25, 0.3) is 0 Å². The van der Waals surface area contributed by atoms with Gasteiger partial charge in [0.15, 0.2) is 11.9 Å². The second-order valence-electron chi connectivity index (χ2n) is 3.18. The van der Waals surface area contributed by atoms with Crippen LogP contribution in [0, 0.1) is 0 Å². The summed E-state index contributed by atoms with van der Waals surface area (Å²) < 4.78 is 13.2. The standard InChI is InChI=1S/C8H11FN3/c1-6-11-7-5-10-4-3-8(7)12(6,2)9/h3-6,11H,1-2H3/q+1. The van der Waals surface area contributed by atoms with E-state index in [0.29, 0.717) is 5.69 Å². The molecule has 0 fully saturated rings. The van der Waals surface area contributed by atoms with Crippen molar-refractivity contribution in [3.8, 4) is 0 Å². The first-order chi connectivity index (χ1) is 5.62. The Kier molecular flexibility index (Phi) is 1.35. The number of hydrogen-bond donors (Lipinski definition) is 1. The highest BCUT2D eigenvalue weighted by Gasteiger charge is 2.42. The molecule has 2 rings (SSSR count). The average Bonchev–Trinajstić information content (AvgIpc) is 2.25. The lowest BCUT2D eigenvalue weighted by Crippen LogP contribution is -2.43. The van der Waals surface area contributed by atoms with E-state index in [1.807, 2.05) is 0 Å². The normalized spacial score (nSPS) is 32.8. The smallest absolute Gasteiger partial charge is 0.200 e. The van der Waals surface area contributed by atoms with Crippen LogP contribution in [0.4, 0.5) is 15.9 Å². The van der Waals surface area contributed by atoms with Gasteiger partial charge in [-0.05, 0) is 0 Å². The molecule has 3 nitrogen and oxygen atoms in total. The number of hydrogen-bond acceptors (Lipinski definition) is 2. The van der Waals surface area contributed by atoms with Crippen LogP contribution in [0.5, 0.6) is 0 Å². The first-order valence-electron chi connectivity index (χ1n) is 3.89. The second-order valence-corrected chi connectivity index (χ2v) is 3.18. The lowest BCUT2D eigenvalue weighted by Gasteiger charge is -2.18. The molecule has 1 N–H and O–H groups in total. The topological polar surface area (TPSA) is 24.9 Å². The molecule has 0 aliphatic carbocycles. The molecule has 1 aromatic rings. The molecule has 4 heteroatoms.